The first-order chi connectivity index (χ1) is 8.24. The summed E-state index contributed by atoms with van der Waals surface area (Å²) in [6, 6.07) is 8.29. The summed E-state index contributed by atoms with van der Waals surface area (Å²) >= 11 is 0. The number of aromatic nitrogens is 3. The highest BCUT2D eigenvalue weighted by Gasteiger charge is 2.21. The molecule has 0 saturated carbocycles. The predicted molar refractivity (Wildman–Crippen MR) is 64.5 cm³/mol. The van der Waals surface area contributed by atoms with E-state index in [0.717, 1.165) is 30.2 Å². The summed E-state index contributed by atoms with van der Waals surface area (Å²) in [5.41, 5.74) is 2.33. The van der Waals surface area contributed by atoms with Crippen molar-refractivity contribution in [3.63, 3.8) is 0 Å². The molecule has 0 radical (unpaired) electrons. The quantitative estimate of drug-likeness (QED) is 0.807. The van der Waals surface area contributed by atoms with Crippen LogP contribution in [0, 0.1) is 6.92 Å². The van der Waals surface area contributed by atoms with E-state index in [-0.39, 0.29) is 6.10 Å². The molecule has 2 aromatic rings. The molecule has 0 spiro atoms. The number of hydrogen-bond donors (Lipinski definition) is 1. The van der Waals surface area contributed by atoms with Gasteiger partial charge in [0.2, 0.25) is 0 Å². The van der Waals surface area contributed by atoms with Gasteiger partial charge in [-0.2, -0.15) is 0 Å². The molecule has 17 heavy (non-hydrogen) atoms. The van der Waals surface area contributed by atoms with Gasteiger partial charge in [0, 0.05) is 18.5 Å². The van der Waals surface area contributed by atoms with Gasteiger partial charge in [0.15, 0.2) is 5.82 Å². The maximum atomic E-state index is 9.59. The van der Waals surface area contributed by atoms with Gasteiger partial charge < -0.3 is 9.67 Å². The second-order valence-corrected chi connectivity index (χ2v) is 4.60. The zero-order chi connectivity index (χ0) is 11.8. The van der Waals surface area contributed by atoms with Gasteiger partial charge in [0.05, 0.1) is 6.10 Å². The van der Waals surface area contributed by atoms with E-state index in [1.54, 1.807) is 0 Å². The third-order valence-electron chi connectivity index (χ3n) is 3.24. The Morgan fingerprint density at radius 3 is 2.76 bits per heavy atom. The number of rotatable bonds is 1. The predicted octanol–water partition coefficient (Wildman–Crippen LogP) is 1.56. The number of nitrogens with zero attached hydrogens (tertiary/aromatic N) is 3. The van der Waals surface area contributed by atoms with Crippen LogP contribution in [0.3, 0.4) is 0 Å². The summed E-state index contributed by atoms with van der Waals surface area (Å²) in [4.78, 5) is 0. The molecule has 1 atom stereocenters. The molecule has 0 fully saturated rings. The van der Waals surface area contributed by atoms with Gasteiger partial charge in [-0.1, -0.05) is 29.8 Å². The van der Waals surface area contributed by atoms with Crippen molar-refractivity contribution in [2.45, 2.75) is 32.4 Å². The van der Waals surface area contributed by atoms with E-state index in [1.807, 2.05) is 0 Å². The summed E-state index contributed by atoms with van der Waals surface area (Å²) in [6.45, 7) is 2.87. The van der Waals surface area contributed by atoms with Gasteiger partial charge in [0.1, 0.15) is 5.82 Å². The fourth-order valence-corrected chi connectivity index (χ4v) is 2.23. The number of hydrogen-bond acceptors (Lipinski definition) is 3. The van der Waals surface area contributed by atoms with Crippen molar-refractivity contribution in [2.75, 3.05) is 0 Å². The summed E-state index contributed by atoms with van der Waals surface area (Å²) in [7, 11) is 0. The number of aliphatic hydroxyl groups excluding tert-OH is 1. The topological polar surface area (TPSA) is 50.9 Å². The van der Waals surface area contributed by atoms with Crippen molar-refractivity contribution >= 4 is 0 Å². The van der Waals surface area contributed by atoms with Crippen LogP contribution in [0.1, 0.15) is 17.8 Å². The van der Waals surface area contributed by atoms with Gasteiger partial charge in [0.25, 0.3) is 0 Å². The summed E-state index contributed by atoms with van der Waals surface area (Å²) < 4.78 is 2.11. The normalized spacial score (nSPS) is 19.1. The van der Waals surface area contributed by atoms with Crippen LogP contribution in [0.4, 0.5) is 0 Å². The highest BCUT2D eigenvalue weighted by atomic mass is 16.3. The molecule has 0 aliphatic carbocycles. The largest absolute Gasteiger partial charge is 0.393 e. The van der Waals surface area contributed by atoms with E-state index in [9.17, 15) is 5.11 Å². The van der Waals surface area contributed by atoms with Gasteiger partial charge >= 0.3 is 0 Å². The molecule has 1 aliphatic heterocycles. The Morgan fingerprint density at radius 2 is 2.00 bits per heavy atom. The summed E-state index contributed by atoms with van der Waals surface area (Å²) in [6.07, 6.45) is 1.13. The van der Waals surface area contributed by atoms with E-state index in [4.69, 9.17) is 0 Å². The molecule has 1 aromatic carbocycles. The van der Waals surface area contributed by atoms with Crippen molar-refractivity contribution in [3.05, 3.63) is 35.7 Å². The molecule has 88 valence electrons. The Labute approximate surface area is 99.9 Å². The number of aliphatic hydroxyl groups is 1. The van der Waals surface area contributed by atoms with Gasteiger partial charge in [-0.15, -0.1) is 10.2 Å². The third-order valence-corrected chi connectivity index (χ3v) is 3.24. The summed E-state index contributed by atoms with van der Waals surface area (Å²) in [5, 5.41) is 18.0. The van der Waals surface area contributed by atoms with Crippen LogP contribution in [0.25, 0.3) is 11.4 Å². The van der Waals surface area contributed by atoms with Gasteiger partial charge in [-0.05, 0) is 13.3 Å². The zero-order valence-corrected chi connectivity index (χ0v) is 9.80. The molecule has 1 aromatic heterocycles. The molecule has 0 saturated heterocycles. The molecule has 0 bridgehead atoms. The van der Waals surface area contributed by atoms with E-state index < -0.39 is 0 Å². The SMILES string of the molecule is Cc1ccc(-c2nnc3n2CCC(O)C3)cc1. The fourth-order valence-electron chi connectivity index (χ4n) is 2.23. The van der Waals surface area contributed by atoms with Gasteiger partial charge in [-0.3, -0.25) is 0 Å². The lowest BCUT2D eigenvalue weighted by atomic mass is 10.1. The minimum Gasteiger partial charge on any atom is -0.393 e. The maximum absolute atomic E-state index is 9.59. The number of aryl methyl sites for hydroxylation is 1. The molecule has 1 unspecified atom stereocenters. The lowest BCUT2D eigenvalue weighted by molar-refractivity contribution is 0.142. The molecule has 2 heterocycles. The van der Waals surface area contributed by atoms with Crippen LogP contribution in [0.5, 0.6) is 0 Å². The lowest BCUT2D eigenvalue weighted by Gasteiger charge is -2.19. The standard InChI is InChI=1S/C13H15N3O/c1-9-2-4-10(5-3-9)13-15-14-12-8-11(17)6-7-16(12)13/h2-5,11,17H,6-8H2,1H3. The Bertz CT molecular complexity index is 530. The Hall–Kier alpha value is -1.68. The van der Waals surface area contributed by atoms with Crippen molar-refractivity contribution in [3.8, 4) is 11.4 Å². The summed E-state index contributed by atoms with van der Waals surface area (Å²) in [5.74, 6) is 1.80. The molecule has 4 heteroatoms. The van der Waals surface area contributed by atoms with E-state index >= 15 is 0 Å². The highest BCUT2D eigenvalue weighted by Crippen LogP contribution is 2.23. The number of benzene rings is 1. The second-order valence-electron chi connectivity index (χ2n) is 4.60. The smallest absolute Gasteiger partial charge is 0.163 e. The Morgan fingerprint density at radius 1 is 1.24 bits per heavy atom. The minimum absolute atomic E-state index is 0.266. The maximum Gasteiger partial charge on any atom is 0.163 e. The van der Waals surface area contributed by atoms with Crippen LogP contribution in [-0.2, 0) is 13.0 Å². The van der Waals surface area contributed by atoms with Crippen molar-refractivity contribution < 1.29 is 5.11 Å². The van der Waals surface area contributed by atoms with Crippen LogP contribution in [0.2, 0.25) is 0 Å². The van der Waals surface area contributed by atoms with Gasteiger partial charge in [-0.25, -0.2) is 0 Å². The average Bonchev–Trinajstić information content (AvgIpc) is 2.73. The third kappa shape index (κ3) is 1.85. The number of fused-ring (bicyclic) bond motifs is 1. The molecule has 0 amide bonds. The van der Waals surface area contributed by atoms with Crippen molar-refractivity contribution in [2.24, 2.45) is 0 Å². The zero-order valence-electron chi connectivity index (χ0n) is 9.80. The molecular weight excluding hydrogens is 214 g/mol. The van der Waals surface area contributed by atoms with E-state index in [1.165, 1.54) is 5.56 Å². The Balaban J connectivity index is 2.02. The molecule has 1 aliphatic rings. The fraction of sp³-hybridized carbons (Fsp3) is 0.385. The average molecular weight is 229 g/mol. The van der Waals surface area contributed by atoms with Crippen LogP contribution in [-0.4, -0.2) is 26.0 Å². The Kier molecular flexibility index (Phi) is 2.44. The molecule has 4 nitrogen and oxygen atoms in total. The van der Waals surface area contributed by atoms with Crippen LogP contribution >= 0.6 is 0 Å². The molecular formula is C13H15N3O. The van der Waals surface area contributed by atoms with E-state index in [0.29, 0.717) is 6.42 Å². The first-order valence-electron chi connectivity index (χ1n) is 5.91. The minimum atomic E-state index is -0.266. The van der Waals surface area contributed by atoms with Crippen LogP contribution in [0.15, 0.2) is 24.3 Å². The van der Waals surface area contributed by atoms with Crippen molar-refractivity contribution in [1.82, 2.24) is 14.8 Å². The lowest BCUT2D eigenvalue weighted by Crippen LogP contribution is -2.23. The molecule has 3 rings (SSSR count). The van der Waals surface area contributed by atoms with Crippen molar-refractivity contribution in [1.29, 1.82) is 0 Å². The first-order valence-corrected chi connectivity index (χ1v) is 5.91. The highest BCUT2D eigenvalue weighted by molar-refractivity contribution is 5.55. The van der Waals surface area contributed by atoms with Crippen LogP contribution < -0.4 is 0 Å². The van der Waals surface area contributed by atoms with E-state index in [2.05, 4.69) is 46.0 Å². The molecule has 1 N–H and O–H groups in total. The monoisotopic (exact) mass is 229 g/mol. The first kappa shape index (κ1) is 10.5. The second kappa shape index (κ2) is 3.96.